The van der Waals surface area contributed by atoms with Crippen LogP contribution in [0.25, 0.3) is 0 Å². The van der Waals surface area contributed by atoms with E-state index >= 15 is 0 Å². The summed E-state index contributed by atoms with van der Waals surface area (Å²) in [6.45, 7) is 0. The highest BCUT2D eigenvalue weighted by molar-refractivity contribution is 6.08. The third kappa shape index (κ3) is 2.80. The minimum absolute atomic E-state index is 0.329. The Kier molecular flexibility index (Phi) is 4.05. The maximum Gasteiger partial charge on any atom is 0.258 e. The van der Waals surface area contributed by atoms with Crippen LogP contribution in [0.2, 0.25) is 0 Å². The molecule has 0 aliphatic carbocycles. The molecule has 6 heteroatoms. The third-order valence-corrected chi connectivity index (χ3v) is 2.72. The van der Waals surface area contributed by atoms with E-state index in [1.165, 1.54) is 14.2 Å². The molecule has 6 nitrogen and oxygen atoms in total. The lowest BCUT2D eigenvalue weighted by Crippen LogP contribution is -2.15. The Labute approximate surface area is 116 Å². The Bertz CT molecular complexity index is 629. The van der Waals surface area contributed by atoms with Crippen molar-refractivity contribution in [2.45, 2.75) is 0 Å². The van der Waals surface area contributed by atoms with Crippen LogP contribution < -0.4 is 20.5 Å². The first-order valence-electron chi connectivity index (χ1n) is 5.89. The van der Waals surface area contributed by atoms with Crippen molar-refractivity contribution in [3.05, 3.63) is 42.1 Å². The molecule has 0 aliphatic rings. The van der Waals surface area contributed by atoms with Gasteiger partial charge in [0.25, 0.3) is 5.91 Å². The minimum atomic E-state index is -0.354. The summed E-state index contributed by atoms with van der Waals surface area (Å²) in [4.78, 5) is 16.2. The molecule has 1 amide bonds. The number of amides is 1. The number of ether oxygens (including phenoxy) is 2. The van der Waals surface area contributed by atoms with Crippen LogP contribution in [0.5, 0.6) is 11.6 Å². The van der Waals surface area contributed by atoms with E-state index in [9.17, 15) is 4.79 Å². The first-order chi connectivity index (χ1) is 9.65. The molecule has 0 spiro atoms. The van der Waals surface area contributed by atoms with Crippen molar-refractivity contribution in [3.8, 4) is 11.6 Å². The van der Waals surface area contributed by atoms with E-state index in [4.69, 9.17) is 15.2 Å². The SMILES string of the molecule is COc1ccc(N)c(C(=O)Nc2cccnc2OC)c1. The molecular formula is C14H15N3O3. The van der Waals surface area contributed by atoms with E-state index in [1.807, 2.05) is 0 Å². The summed E-state index contributed by atoms with van der Waals surface area (Å²) in [5.41, 5.74) is 6.98. The van der Waals surface area contributed by atoms with Crippen LogP contribution in [0.15, 0.2) is 36.5 Å². The average Bonchev–Trinajstić information content (AvgIpc) is 2.48. The number of hydrogen-bond acceptors (Lipinski definition) is 5. The molecule has 0 saturated carbocycles. The molecule has 104 valence electrons. The summed E-state index contributed by atoms with van der Waals surface area (Å²) in [7, 11) is 3.01. The number of nitrogens with one attached hydrogen (secondary N) is 1. The lowest BCUT2D eigenvalue weighted by molar-refractivity contribution is 0.102. The highest BCUT2D eigenvalue weighted by atomic mass is 16.5. The molecule has 0 bridgehead atoms. The van der Waals surface area contributed by atoms with Crippen molar-refractivity contribution in [2.24, 2.45) is 0 Å². The topological polar surface area (TPSA) is 86.5 Å². The normalized spacial score (nSPS) is 9.90. The van der Waals surface area contributed by atoms with Crippen LogP contribution in [0.1, 0.15) is 10.4 Å². The zero-order valence-corrected chi connectivity index (χ0v) is 11.2. The van der Waals surface area contributed by atoms with Gasteiger partial charge in [-0.2, -0.15) is 0 Å². The van der Waals surface area contributed by atoms with Gasteiger partial charge in [0.2, 0.25) is 5.88 Å². The van der Waals surface area contributed by atoms with Crippen molar-refractivity contribution in [2.75, 3.05) is 25.3 Å². The summed E-state index contributed by atoms with van der Waals surface area (Å²) in [5.74, 6) is 0.539. The van der Waals surface area contributed by atoms with Gasteiger partial charge >= 0.3 is 0 Å². The van der Waals surface area contributed by atoms with Gasteiger partial charge in [0.1, 0.15) is 11.4 Å². The number of methoxy groups -OCH3 is 2. The Morgan fingerprint density at radius 3 is 2.75 bits per heavy atom. The first kappa shape index (κ1) is 13.7. The zero-order chi connectivity index (χ0) is 14.5. The van der Waals surface area contributed by atoms with Crippen LogP contribution in [-0.4, -0.2) is 25.1 Å². The number of pyridine rings is 1. The molecular weight excluding hydrogens is 258 g/mol. The second-order valence-corrected chi connectivity index (χ2v) is 3.97. The number of aromatic nitrogens is 1. The molecule has 1 heterocycles. The first-order valence-corrected chi connectivity index (χ1v) is 5.89. The Balaban J connectivity index is 2.28. The minimum Gasteiger partial charge on any atom is -0.497 e. The predicted molar refractivity (Wildman–Crippen MR) is 76.1 cm³/mol. The van der Waals surface area contributed by atoms with Crippen molar-refractivity contribution < 1.29 is 14.3 Å². The quantitative estimate of drug-likeness (QED) is 0.831. The maximum atomic E-state index is 12.2. The van der Waals surface area contributed by atoms with Crippen molar-refractivity contribution in [1.82, 2.24) is 4.98 Å². The Morgan fingerprint density at radius 2 is 2.05 bits per heavy atom. The van der Waals surface area contributed by atoms with Crippen molar-refractivity contribution in [3.63, 3.8) is 0 Å². The van der Waals surface area contributed by atoms with Gasteiger partial charge in [-0.05, 0) is 30.3 Å². The molecule has 0 saturated heterocycles. The van der Waals surface area contributed by atoms with Crippen LogP contribution in [0.4, 0.5) is 11.4 Å². The summed E-state index contributed by atoms with van der Waals surface area (Å²) >= 11 is 0. The monoisotopic (exact) mass is 273 g/mol. The van der Waals surface area contributed by atoms with Crippen molar-refractivity contribution >= 4 is 17.3 Å². The fourth-order valence-electron chi connectivity index (χ4n) is 1.70. The highest BCUT2D eigenvalue weighted by Crippen LogP contribution is 2.24. The van der Waals surface area contributed by atoms with Gasteiger partial charge in [0.15, 0.2) is 0 Å². The smallest absolute Gasteiger partial charge is 0.258 e. The fraction of sp³-hybridized carbons (Fsp3) is 0.143. The second kappa shape index (κ2) is 5.92. The standard InChI is InChI=1S/C14H15N3O3/c1-19-9-5-6-11(15)10(8-9)13(18)17-12-4-3-7-16-14(12)20-2/h3-8H,15H2,1-2H3,(H,17,18). The molecule has 0 radical (unpaired) electrons. The average molecular weight is 273 g/mol. The lowest BCUT2D eigenvalue weighted by atomic mass is 10.1. The van der Waals surface area contributed by atoms with Gasteiger partial charge in [0, 0.05) is 11.9 Å². The molecule has 1 aromatic carbocycles. The number of nitrogen functional groups attached to an aromatic ring is 1. The molecule has 0 atom stereocenters. The highest BCUT2D eigenvalue weighted by Gasteiger charge is 2.13. The van der Waals surface area contributed by atoms with Gasteiger partial charge in [-0.1, -0.05) is 0 Å². The van der Waals surface area contributed by atoms with Crippen LogP contribution >= 0.6 is 0 Å². The van der Waals surface area contributed by atoms with Crippen LogP contribution in [0.3, 0.4) is 0 Å². The van der Waals surface area contributed by atoms with E-state index in [0.29, 0.717) is 28.6 Å². The molecule has 0 fully saturated rings. The third-order valence-electron chi connectivity index (χ3n) is 2.72. The van der Waals surface area contributed by atoms with Crippen molar-refractivity contribution in [1.29, 1.82) is 0 Å². The molecule has 2 rings (SSSR count). The molecule has 2 aromatic rings. The van der Waals surface area contributed by atoms with E-state index in [0.717, 1.165) is 0 Å². The fourth-order valence-corrected chi connectivity index (χ4v) is 1.70. The van der Waals surface area contributed by atoms with Gasteiger partial charge < -0.3 is 20.5 Å². The largest absolute Gasteiger partial charge is 0.497 e. The molecule has 0 aliphatic heterocycles. The van der Waals surface area contributed by atoms with E-state index in [2.05, 4.69) is 10.3 Å². The van der Waals surface area contributed by atoms with Crippen LogP contribution in [-0.2, 0) is 0 Å². The summed E-state index contributed by atoms with van der Waals surface area (Å²) in [5, 5.41) is 2.71. The summed E-state index contributed by atoms with van der Waals surface area (Å²) in [6, 6.07) is 8.28. The number of anilines is 2. The predicted octanol–water partition coefficient (Wildman–Crippen LogP) is 1.93. The van der Waals surface area contributed by atoms with Gasteiger partial charge in [-0.15, -0.1) is 0 Å². The number of hydrogen-bond donors (Lipinski definition) is 2. The van der Waals surface area contributed by atoms with Gasteiger partial charge in [0.05, 0.1) is 19.8 Å². The second-order valence-electron chi connectivity index (χ2n) is 3.97. The number of carbonyl (C=O) groups excluding carboxylic acids is 1. The number of rotatable bonds is 4. The molecule has 1 aromatic heterocycles. The number of nitrogens with zero attached hydrogens (tertiary/aromatic N) is 1. The molecule has 20 heavy (non-hydrogen) atoms. The molecule has 0 unspecified atom stereocenters. The summed E-state index contributed by atoms with van der Waals surface area (Å²) in [6.07, 6.45) is 1.58. The number of carbonyl (C=O) groups is 1. The lowest BCUT2D eigenvalue weighted by Gasteiger charge is -2.11. The summed E-state index contributed by atoms with van der Waals surface area (Å²) < 4.78 is 10.2. The Hall–Kier alpha value is -2.76. The number of benzene rings is 1. The maximum absolute atomic E-state index is 12.2. The van der Waals surface area contributed by atoms with Gasteiger partial charge in [-0.25, -0.2) is 4.98 Å². The Morgan fingerprint density at radius 1 is 1.25 bits per heavy atom. The zero-order valence-electron chi connectivity index (χ0n) is 11.2. The van der Waals surface area contributed by atoms with E-state index in [1.54, 1.807) is 36.5 Å². The number of nitrogens with two attached hydrogens (primary N) is 1. The van der Waals surface area contributed by atoms with Crippen LogP contribution in [0, 0.1) is 0 Å². The van der Waals surface area contributed by atoms with Gasteiger partial charge in [-0.3, -0.25) is 4.79 Å². The molecule has 3 N–H and O–H groups in total. The van der Waals surface area contributed by atoms with E-state index in [-0.39, 0.29) is 5.91 Å². The van der Waals surface area contributed by atoms with E-state index < -0.39 is 0 Å².